The van der Waals surface area contributed by atoms with Crippen LogP contribution in [0.15, 0.2) is 35.0 Å². The molecule has 1 aliphatic heterocycles. The zero-order valence-electron chi connectivity index (χ0n) is 19.8. The highest BCUT2D eigenvalue weighted by Crippen LogP contribution is 2.37. The van der Waals surface area contributed by atoms with Crippen LogP contribution >= 0.6 is 0 Å². The number of aromatic nitrogens is 2. The van der Waals surface area contributed by atoms with E-state index in [1.807, 2.05) is 6.92 Å². The van der Waals surface area contributed by atoms with Crippen molar-refractivity contribution in [3.05, 3.63) is 58.9 Å². The van der Waals surface area contributed by atoms with Crippen molar-refractivity contribution in [2.75, 3.05) is 13.6 Å². The third-order valence-electron chi connectivity index (χ3n) is 6.55. The lowest BCUT2D eigenvalue weighted by Gasteiger charge is -2.20. The van der Waals surface area contributed by atoms with E-state index in [2.05, 4.69) is 10.4 Å². The van der Waals surface area contributed by atoms with E-state index in [1.165, 1.54) is 23.8 Å². The van der Waals surface area contributed by atoms with Crippen LogP contribution in [0.5, 0.6) is 11.5 Å². The monoisotopic (exact) mass is 480 g/mol. The van der Waals surface area contributed by atoms with E-state index in [1.54, 1.807) is 37.1 Å². The Bertz CT molecular complexity index is 1490. The summed E-state index contributed by atoms with van der Waals surface area (Å²) < 4.78 is 28.4. The van der Waals surface area contributed by atoms with Crippen molar-refractivity contribution in [3.63, 3.8) is 0 Å². The average molecular weight is 480 g/mol. The maximum absolute atomic E-state index is 15.4. The molecule has 5 rings (SSSR count). The van der Waals surface area contributed by atoms with Gasteiger partial charge in [0.2, 0.25) is 5.82 Å². The fourth-order valence-electron chi connectivity index (χ4n) is 4.79. The number of aliphatic hydroxyl groups excluding tert-OH is 1. The molecule has 182 valence electrons. The number of likely N-dealkylation sites (tertiary alicyclic amines) is 1. The van der Waals surface area contributed by atoms with Crippen LogP contribution in [0, 0.1) is 19.7 Å². The van der Waals surface area contributed by atoms with E-state index >= 15 is 4.39 Å². The molecule has 35 heavy (non-hydrogen) atoms. The summed E-state index contributed by atoms with van der Waals surface area (Å²) in [6, 6.07) is 4.52. The van der Waals surface area contributed by atoms with Crippen molar-refractivity contribution < 1.29 is 28.2 Å². The number of carbonyl (C=O) groups is 2. The Morgan fingerprint density at radius 2 is 2.03 bits per heavy atom. The molecule has 2 amide bonds. The van der Waals surface area contributed by atoms with Crippen molar-refractivity contribution in [1.82, 2.24) is 19.8 Å². The van der Waals surface area contributed by atoms with Gasteiger partial charge in [-0.2, -0.15) is 9.49 Å². The molecule has 1 aromatic carbocycles. The predicted molar refractivity (Wildman–Crippen MR) is 125 cm³/mol. The van der Waals surface area contributed by atoms with Gasteiger partial charge in [0.1, 0.15) is 11.3 Å². The number of aliphatic hydroxyl groups is 1. The van der Waals surface area contributed by atoms with Gasteiger partial charge < -0.3 is 24.5 Å². The van der Waals surface area contributed by atoms with Gasteiger partial charge in [-0.25, -0.2) is 4.52 Å². The largest absolute Gasteiger partial charge is 0.457 e. The van der Waals surface area contributed by atoms with Gasteiger partial charge in [0.15, 0.2) is 17.1 Å². The molecule has 10 heteroatoms. The number of fused-ring (bicyclic) bond motifs is 2. The lowest BCUT2D eigenvalue weighted by atomic mass is 10.1. The Labute approximate surface area is 200 Å². The maximum Gasteiger partial charge on any atom is 0.256 e. The van der Waals surface area contributed by atoms with Crippen molar-refractivity contribution in [2.24, 2.45) is 0 Å². The summed E-state index contributed by atoms with van der Waals surface area (Å²) >= 11 is 0. The summed E-state index contributed by atoms with van der Waals surface area (Å²) in [6.07, 6.45) is 3.09. The van der Waals surface area contributed by atoms with Crippen LogP contribution in [-0.4, -0.2) is 57.2 Å². The van der Waals surface area contributed by atoms with Crippen molar-refractivity contribution in [1.29, 1.82) is 0 Å². The molecule has 1 aliphatic rings. The molecule has 4 heterocycles. The number of carbonyl (C=O) groups excluding carboxylic acids is 2. The van der Waals surface area contributed by atoms with Gasteiger partial charge in [0.25, 0.3) is 11.8 Å². The van der Waals surface area contributed by atoms with Gasteiger partial charge in [0, 0.05) is 37.3 Å². The number of aryl methyl sites for hydroxylation is 2. The fourth-order valence-corrected chi connectivity index (χ4v) is 4.79. The number of ether oxygens (including phenoxy) is 1. The van der Waals surface area contributed by atoms with Crippen LogP contribution in [-0.2, 0) is 0 Å². The molecule has 3 aromatic heterocycles. The first-order valence-corrected chi connectivity index (χ1v) is 11.3. The first kappa shape index (κ1) is 22.9. The van der Waals surface area contributed by atoms with Crippen LogP contribution < -0.4 is 10.1 Å². The number of hydrogen-bond donors (Lipinski definition) is 2. The highest BCUT2D eigenvalue weighted by Gasteiger charge is 2.33. The van der Waals surface area contributed by atoms with Crippen LogP contribution in [0.3, 0.4) is 0 Å². The van der Waals surface area contributed by atoms with Gasteiger partial charge in [-0.3, -0.25) is 9.59 Å². The van der Waals surface area contributed by atoms with Crippen molar-refractivity contribution in [3.8, 4) is 11.5 Å². The van der Waals surface area contributed by atoms with Crippen LogP contribution in [0.25, 0.3) is 16.5 Å². The molecule has 2 N–H and O–H groups in total. The molecule has 0 saturated carbocycles. The standard InChI is InChI=1S/C25H25FN4O5/c1-12-9-15(31)10-29(12)25(33)17-11-30-22(13(17)2)19(7-8-28-30)35-18-6-5-16-20(24(32)27-4)14(3)34-23(16)21(18)26/h5-8,11-12,15,31H,9-10H2,1-4H3,(H,27,32)/t12-,15+/m1/s1. The van der Waals surface area contributed by atoms with E-state index in [4.69, 9.17) is 9.15 Å². The molecule has 0 bridgehead atoms. The molecular formula is C25H25FN4O5. The third-order valence-corrected chi connectivity index (χ3v) is 6.55. The second kappa shape index (κ2) is 8.38. The molecular weight excluding hydrogens is 455 g/mol. The zero-order valence-corrected chi connectivity index (χ0v) is 19.8. The molecule has 0 radical (unpaired) electrons. The number of hydrogen-bond acceptors (Lipinski definition) is 6. The van der Waals surface area contributed by atoms with E-state index in [-0.39, 0.29) is 41.3 Å². The number of amides is 2. The Morgan fingerprint density at radius 1 is 1.26 bits per heavy atom. The quantitative estimate of drug-likeness (QED) is 0.462. The number of β-amino-alcohol motifs (C(OH)–C–C–N with tert-alkyl or cyclic N) is 1. The number of furan rings is 1. The number of rotatable bonds is 4. The summed E-state index contributed by atoms with van der Waals surface area (Å²) in [5.74, 6) is -0.800. The smallest absolute Gasteiger partial charge is 0.256 e. The third kappa shape index (κ3) is 3.61. The summed E-state index contributed by atoms with van der Waals surface area (Å²) in [4.78, 5) is 27.0. The van der Waals surface area contributed by atoms with Crippen LogP contribution in [0.1, 0.15) is 45.4 Å². The van der Waals surface area contributed by atoms with Crippen molar-refractivity contribution in [2.45, 2.75) is 39.3 Å². The number of nitrogens with one attached hydrogen (secondary N) is 1. The molecule has 4 aromatic rings. The summed E-state index contributed by atoms with van der Waals surface area (Å²) in [5.41, 5.74) is 1.77. The summed E-state index contributed by atoms with van der Waals surface area (Å²) in [7, 11) is 1.49. The van der Waals surface area contributed by atoms with Gasteiger partial charge in [-0.1, -0.05) is 0 Å². The first-order valence-electron chi connectivity index (χ1n) is 11.3. The topological polar surface area (TPSA) is 109 Å². The Morgan fingerprint density at radius 3 is 2.71 bits per heavy atom. The fraction of sp³-hybridized carbons (Fsp3) is 0.320. The SMILES string of the molecule is CNC(=O)c1c(C)oc2c(F)c(Oc3ccnn4cc(C(=O)N5C[C@@H](O)C[C@H]5C)c(C)c34)ccc12. The number of halogens is 1. The second-order valence-electron chi connectivity index (χ2n) is 8.82. The lowest BCUT2D eigenvalue weighted by molar-refractivity contribution is 0.0725. The Kier molecular flexibility index (Phi) is 5.47. The Hall–Kier alpha value is -3.92. The van der Waals surface area contributed by atoms with E-state index in [0.29, 0.717) is 40.0 Å². The minimum Gasteiger partial charge on any atom is -0.457 e. The first-order chi connectivity index (χ1) is 16.7. The summed E-state index contributed by atoms with van der Waals surface area (Å²) in [6.45, 7) is 5.55. The normalized spacial score (nSPS) is 17.9. The van der Waals surface area contributed by atoms with Crippen molar-refractivity contribution >= 4 is 28.3 Å². The predicted octanol–water partition coefficient (Wildman–Crippen LogP) is 3.58. The highest BCUT2D eigenvalue weighted by molar-refractivity contribution is 6.07. The van der Waals surface area contributed by atoms with Crippen LogP contribution in [0.4, 0.5) is 4.39 Å². The van der Waals surface area contributed by atoms with Crippen LogP contribution in [0.2, 0.25) is 0 Å². The summed E-state index contributed by atoms with van der Waals surface area (Å²) in [5, 5.41) is 17.1. The highest BCUT2D eigenvalue weighted by atomic mass is 19.1. The zero-order chi connectivity index (χ0) is 25.0. The van der Waals surface area contributed by atoms with E-state index in [9.17, 15) is 14.7 Å². The molecule has 2 atom stereocenters. The Balaban J connectivity index is 1.54. The molecule has 0 spiro atoms. The molecule has 9 nitrogen and oxygen atoms in total. The van der Waals surface area contributed by atoms with E-state index in [0.717, 1.165) is 0 Å². The number of benzene rings is 1. The molecule has 1 fully saturated rings. The van der Waals surface area contributed by atoms with Gasteiger partial charge >= 0.3 is 0 Å². The average Bonchev–Trinajstić information content (AvgIpc) is 3.47. The van der Waals surface area contributed by atoms with E-state index < -0.39 is 11.9 Å². The molecule has 0 unspecified atom stereocenters. The number of nitrogens with zero attached hydrogens (tertiary/aromatic N) is 3. The minimum atomic E-state index is -0.740. The minimum absolute atomic E-state index is 0.0757. The molecule has 0 aliphatic carbocycles. The lowest BCUT2D eigenvalue weighted by Crippen LogP contribution is -2.34. The van der Waals surface area contributed by atoms with Gasteiger partial charge in [0.05, 0.1) is 23.4 Å². The maximum atomic E-state index is 15.4. The molecule has 1 saturated heterocycles. The second-order valence-corrected chi connectivity index (χ2v) is 8.82. The van der Waals surface area contributed by atoms with Gasteiger partial charge in [-0.15, -0.1) is 0 Å². The van der Waals surface area contributed by atoms with Gasteiger partial charge in [-0.05, 0) is 44.9 Å².